The number of hydrogen-bond acceptors (Lipinski definition) is 1. The van der Waals surface area contributed by atoms with Crippen LogP contribution in [0.1, 0.15) is 36.5 Å². The lowest BCUT2D eigenvalue weighted by Crippen LogP contribution is -2.16. The highest BCUT2D eigenvalue weighted by atomic mass is 35.5. The smallest absolute Gasteiger partial charge is 0.167 e. The summed E-state index contributed by atoms with van der Waals surface area (Å²) in [5.41, 5.74) is 0.777. The van der Waals surface area contributed by atoms with Gasteiger partial charge in [-0.25, -0.2) is 0 Å². The van der Waals surface area contributed by atoms with E-state index in [4.69, 9.17) is 11.6 Å². The van der Waals surface area contributed by atoms with E-state index in [1.807, 2.05) is 30.3 Å². The Morgan fingerprint density at radius 2 is 2.00 bits per heavy atom. The van der Waals surface area contributed by atoms with Gasteiger partial charge in [0.15, 0.2) is 5.78 Å². The molecular formula is C13H17ClO. The molecule has 0 amide bonds. The van der Waals surface area contributed by atoms with Crippen LogP contribution in [0, 0.1) is 5.92 Å². The Labute approximate surface area is 96.5 Å². The molecule has 0 aliphatic heterocycles. The molecule has 0 saturated heterocycles. The predicted molar refractivity (Wildman–Crippen MR) is 64.5 cm³/mol. The largest absolute Gasteiger partial charge is 0.294 e. The van der Waals surface area contributed by atoms with Gasteiger partial charge in [-0.2, -0.15) is 0 Å². The van der Waals surface area contributed by atoms with Crippen molar-refractivity contribution in [1.82, 2.24) is 0 Å². The molecule has 82 valence electrons. The van der Waals surface area contributed by atoms with Crippen LogP contribution in [0.4, 0.5) is 0 Å². The number of benzene rings is 1. The van der Waals surface area contributed by atoms with Crippen molar-refractivity contribution in [2.24, 2.45) is 5.92 Å². The maximum Gasteiger partial charge on any atom is 0.167 e. The van der Waals surface area contributed by atoms with Gasteiger partial charge >= 0.3 is 0 Å². The number of hydrogen-bond donors (Lipinski definition) is 0. The minimum Gasteiger partial charge on any atom is -0.294 e. The number of ketones is 1. The molecule has 0 aromatic heterocycles. The molecule has 1 nitrogen and oxygen atoms in total. The van der Waals surface area contributed by atoms with E-state index in [1.54, 1.807) is 0 Å². The monoisotopic (exact) mass is 224 g/mol. The Morgan fingerprint density at radius 1 is 1.33 bits per heavy atom. The maximum atomic E-state index is 12.0. The molecule has 2 heteroatoms. The number of Topliss-reactive ketones (excluding diaryl/α,β-unsaturated/α-hetero) is 1. The zero-order valence-corrected chi connectivity index (χ0v) is 9.83. The van der Waals surface area contributed by atoms with Gasteiger partial charge in [0.05, 0.1) is 0 Å². The van der Waals surface area contributed by atoms with E-state index < -0.39 is 0 Å². The first-order valence-corrected chi connectivity index (χ1v) is 5.98. The molecule has 0 aliphatic rings. The molecule has 15 heavy (non-hydrogen) atoms. The highest BCUT2D eigenvalue weighted by Crippen LogP contribution is 2.16. The summed E-state index contributed by atoms with van der Waals surface area (Å²) in [6, 6.07) is 9.40. The summed E-state index contributed by atoms with van der Waals surface area (Å²) in [5, 5.41) is 0. The molecule has 0 spiro atoms. The van der Waals surface area contributed by atoms with Crippen LogP contribution in [-0.2, 0) is 0 Å². The van der Waals surface area contributed by atoms with Crippen LogP contribution in [0.3, 0.4) is 0 Å². The van der Waals surface area contributed by atoms with Crippen LogP contribution in [0.2, 0.25) is 0 Å². The fraction of sp³-hybridized carbons (Fsp3) is 0.462. The van der Waals surface area contributed by atoms with Crippen molar-refractivity contribution in [3.8, 4) is 0 Å². The predicted octanol–water partition coefficient (Wildman–Crippen LogP) is 3.91. The van der Waals surface area contributed by atoms with Crippen LogP contribution in [0.25, 0.3) is 0 Å². The van der Waals surface area contributed by atoms with E-state index in [-0.39, 0.29) is 11.7 Å². The Hall–Kier alpha value is -0.820. The van der Waals surface area contributed by atoms with Crippen LogP contribution >= 0.6 is 11.6 Å². The van der Waals surface area contributed by atoms with Crippen molar-refractivity contribution >= 4 is 17.4 Å². The summed E-state index contributed by atoms with van der Waals surface area (Å²) < 4.78 is 0. The van der Waals surface area contributed by atoms with Crippen molar-refractivity contribution < 1.29 is 4.79 Å². The maximum absolute atomic E-state index is 12.0. The van der Waals surface area contributed by atoms with Gasteiger partial charge in [-0.05, 0) is 6.42 Å². The van der Waals surface area contributed by atoms with Crippen molar-refractivity contribution in [3.63, 3.8) is 0 Å². The molecule has 1 aromatic carbocycles. The first kappa shape index (κ1) is 12.3. The first-order chi connectivity index (χ1) is 7.29. The van der Waals surface area contributed by atoms with Gasteiger partial charge in [0.1, 0.15) is 0 Å². The minimum atomic E-state index is -0.0194. The van der Waals surface area contributed by atoms with Crippen molar-refractivity contribution in [2.45, 2.75) is 26.2 Å². The summed E-state index contributed by atoms with van der Waals surface area (Å²) >= 11 is 5.83. The lowest BCUT2D eigenvalue weighted by Gasteiger charge is -2.11. The van der Waals surface area contributed by atoms with Crippen molar-refractivity contribution in [1.29, 1.82) is 0 Å². The molecular weight excluding hydrogens is 208 g/mol. The lowest BCUT2D eigenvalue weighted by molar-refractivity contribution is 0.0925. The van der Waals surface area contributed by atoms with Gasteiger partial charge in [0, 0.05) is 17.4 Å². The fourth-order valence-electron chi connectivity index (χ4n) is 1.57. The van der Waals surface area contributed by atoms with Crippen molar-refractivity contribution in [3.05, 3.63) is 35.9 Å². The van der Waals surface area contributed by atoms with Crippen molar-refractivity contribution in [2.75, 3.05) is 5.88 Å². The molecule has 0 bridgehead atoms. The summed E-state index contributed by atoms with van der Waals surface area (Å²) in [6.07, 6.45) is 3.07. The highest BCUT2D eigenvalue weighted by Gasteiger charge is 2.17. The molecule has 0 saturated carbocycles. The van der Waals surface area contributed by atoms with Gasteiger partial charge in [-0.15, -0.1) is 11.6 Å². The second kappa shape index (κ2) is 6.62. The number of halogens is 1. The Kier molecular flexibility index (Phi) is 5.41. The average molecular weight is 225 g/mol. The summed E-state index contributed by atoms with van der Waals surface area (Å²) in [5.74, 6) is 0.585. The SMILES string of the molecule is CCCCC(CCl)C(=O)c1ccccc1. The van der Waals surface area contributed by atoms with E-state index in [1.165, 1.54) is 0 Å². The number of carbonyl (C=O) groups excluding carboxylic acids is 1. The van der Waals surface area contributed by atoms with E-state index in [0.29, 0.717) is 5.88 Å². The quantitative estimate of drug-likeness (QED) is 0.529. The molecule has 1 atom stereocenters. The van der Waals surface area contributed by atoms with Crippen LogP contribution < -0.4 is 0 Å². The van der Waals surface area contributed by atoms with Gasteiger partial charge < -0.3 is 0 Å². The van der Waals surface area contributed by atoms with Crippen LogP contribution in [0.15, 0.2) is 30.3 Å². The van der Waals surface area contributed by atoms with Gasteiger partial charge in [-0.1, -0.05) is 50.1 Å². The zero-order chi connectivity index (χ0) is 11.1. The Bertz CT molecular complexity index is 295. The van der Waals surface area contributed by atoms with E-state index in [2.05, 4.69) is 6.92 Å². The molecule has 0 N–H and O–H groups in total. The van der Waals surface area contributed by atoms with Gasteiger partial charge in [0.2, 0.25) is 0 Å². The van der Waals surface area contributed by atoms with Gasteiger partial charge in [-0.3, -0.25) is 4.79 Å². The van der Waals surface area contributed by atoms with E-state index in [0.717, 1.165) is 24.8 Å². The van der Waals surface area contributed by atoms with E-state index >= 15 is 0 Å². The second-order valence-electron chi connectivity index (χ2n) is 3.72. The normalized spacial score (nSPS) is 12.4. The zero-order valence-electron chi connectivity index (χ0n) is 9.08. The molecule has 1 unspecified atom stereocenters. The molecule has 0 aliphatic carbocycles. The molecule has 1 aromatic rings. The summed E-state index contributed by atoms with van der Waals surface area (Å²) in [4.78, 5) is 12.0. The van der Waals surface area contributed by atoms with Crippen LogP contribution in [0.5, 0.6) is 0 Å². The third kappa shape index (κ3) is 3.67. The minimum absolute atomic E-state index is 0.0194. The van der Waals surface area contributed by atoms with Crippen LogP contribution in [-0.4, -0.2) is 11.7 Å². The number of unbranched alkanes of at least 4 members (excludes halogenated alkanes) is 1. The molecule has 1 rings (SSSR count). The third-order valence-electron chi connectivity index (χ3n) is 2.52. The number of carbonyl (C=O) groups is 1. The Morgan fingerprint density at radius 3 is 2.53 bits per heavy atom. The average Bonchev–Trinajstić information content (AvgIpc) is 2.31. The number of alkyl halides is 1. The fourth-order valence-corrected chi connectivity index (χ4v) is 1.86. The van der Waals surface area contributed by atoms with Gasteiger partial charge in [0.25, 0.3) is 0 Å². The summed E-state index contributed by atoms with van der Waals surface area (Å²) in [7, 11) is 0. The topological polar surface area (TPSA) is 17.1 Å². The first-order valence-electron chi connectivity index (χ1n) is 5.44. The second-order valence-corrected chi connectivity index (χ2v) is 4.03. The number of rotatable bonds is 6. The highest BCUT2D eigenvalue weighted by molar-refractivity contribution is 6.20. The molecule has 0 radical (unpaired) electrons. The standard InChI is InChI=1S/C13H17ClO/c1-2-3-7-12(10-14)13(15)11-8-5-4-6-9-11/h4-6,8-9,12H,2-3,7,10H2,1H3. The summed E-state index contributed by atoms with van der Waals surface area (Å²) in [6.45, 7) is 2.12. The third-order valence-corrected chi connectivity index (χ3v) is 2.89. The molecule has 0 heterocycles. The Balaban J connectivity index is 2.65. The molecule has 0 fully saturated rings. The lowest BCUT2D eigenvalue weighted by atomic mass is 9.94. The van der Waals surface area contributed by atoms with E-state index in [9.17, 15) is 4.79 Å².